The molecule has 1 aliphatic carbocycles. The van der Waals surface area contributed by atoms with Crippen molar-refractivity contribution < 1.29 is 0 Å². The molecule has 0 saturated carbocycles. The molecule has 0 spiro atoms. The molecule has 0 radical (unpaired) electrons. The van der Waals surface area contributed by atoms with Gasteiger partial charge in [-0.1, -0.05) is 6.92 Å². The minimum atomic E-state index is 0.724. The Morgan fingerprint density at radius 3 is 3.14 bits per heavy atom. The maximum atomic E-state index is 5.55. The number of nitrogens with zero attached hydrogens (tertiary/aromatic N) is 1. The summed E-state index contributed by atoms with van der Waals surface area (Å²) in [7, 11) is 0. The predicted molar refractivity (Wildman–Crippen MR) is 60.8 cm³/mol. The number of aryl methyl sites for hydroxylation is 1. The fourth-order valence-corrected chi connectivity index (χ4v) is 3.40. The summed E-state index contributed by atoms with van der Waals surface area (Å²) in [5.41, 5.74) is 6.95. The smallest absolute Gasteiger partial charge is 0.0943 e. The Morgan fingerprint density at radius 2 is 2.43 bits per heavy atom. The van der Waals surface area contributed by atoms with E-state index in [0.29, 0.717) is 0 Å². The van der Waals surface area contributed by atoms with Crippen molar-refractivity contribution in [3.63, 3.8) is 0 Å². The van der Waals surface area contributed by atoms with Crippen LogP contribution >= 0.6 is 11.3 Å². The van der Waals surface area contributed by atoms with Crippen molar-refractivity contribution in [2.24, 2.45) is 5.73 Å². The van der Waals surface area contributed by atoms with Crippen molar-refractivity contribution in [2.45, 2.75) is 44.9 Å². The Hall–Kier alpha value is -0.410. The highest BCUT2D eigenvalue weighted by Crippen LogP contribution is 2.36. The SMILES string of the molecule is CCC1CCCc2sc(CCN)nc21. The van der Waals surface area contributed by atoms with Crippen LogP contribution in [0.2, 0.25) is 0 Å². The highest BCUT2D eigenvalue weighted by atomic mass is 32.1. The Labute approximate surface area is 89.5 Å². The van der Waals surface area contributed by atoms with Gasteiger partial charge in [-0.2, -0.15) is 0 Å². The van der Waals surface area contributed by atoms with Crippen LogP contribution in [0.25, 0.3) is 0 Å². The molecule has 1 heterocycles. The van der Waals surface area contributed by atoms with Crippen LogP contribution in [0.3, 0.4) is 0 Å². The minimum absolute atomic E-state index is 0.724. The molecule has 3 heteroatoms. The van der Waals surface area contributed by atoms with Crippen LogP contribution in [0.1, 0.15) is 47.7 Å². The van der Waals surface area contributed by atoms with E-state index in [-0.39, 0.29) is 0 Å². The van der Waals surface area contributed by atoms with Crippen molar-refractivity contribution in [2.75, 3.05) is 6.54 Å². The number of fused-ring (bicyclic) bond motifs is 1. The summed E-state index contributed by atoms with van der Waals surface area (Å²) < 4.78 is 0. The van der Waals surface area contributed by atoms with Crippen LogP contribution < -0.4 is 5.73 Å². The normalized spacial score (nSPS) is 20.9. The Balaban J connectivity index is 2.24. The van der Waals surface area contributed by atoms with Gasteiger partial charge in [-0.15, -0.1) is 11.3 Å². The van der Waals surface area contributed by atoms with Gasteiger partial charge in [0, 0.05) is 17.2 Å². The number of hydrogen-bond donors (Lipinski definition) is 1. The molecule has 1 unspecified atom stereocenters. The van der Waals surface area contributed by atoms with E-state index in [4.69, 9.17) is 10.7 Å². The first-order chi connectivity index (χ1) is 6.85. The summed E-state index contributed by atoms with van der Waals surface area (Å²) in [5, 5.41) is 1.25. The minimum Gasteiger partial charge on any atom is -0.330 e. The molecule has 1 aromatic heterocycles. The zero-order valence-electron chi connectivity index (χ0n) is 8.75. The lowest BCUT2D eigenvalue weighted by atomic mass is 9.89. The van der Waals surface area contributed by atoms with Crippen LogP contribution in [0, 0.1) is 0 Å². The van der Waals surface area contributed by atoms with E-state index in [2.05, 4.69) is 6.92 Å². The van der Waals surface area contributed by atoms with Gasteiger partial charge in [0.15, 0.2) is 0 Å². The second kappa shape index (κ2) is 4.41. The molecule has 2 rings (SSSR count). The molecule has 2 nitrogen and oxygen atoms in total. The third kappa shape index (κ3) is 1.84. The molecule has 0 fully saturated rings. The van der Waals surface area contributed by atoms with Crippen molar-refractivity contribution in [3.05, 3.63) is 15.6 Å². The lowest BCUT2D eigenvalue weighted by Crippen LogP contribution is -2.07. The van der Waals surface area contributed by atoms with E-state index in [1.807, 2.05) is 11.3 Å². The molecule has 0 aromatic carbocycles. The zero-order valence-corrected chi connectivity index (χ0v) is 9.57. The molecular formula is C11H18N2S. The van der Waals surface area contributed by atoms with Crippen LogP contribution in [-0.4, -0.2) is 11.5 Å². The highest BCUT2D eigenvalue weighted by molar-refractivity contribution is 7.11. The maximum Gasteiger partial charge on any atom is 0.0943 e. The van der Waals surface area contributed by atoms with E-state index in [9.17, 15) is 0 Å². The topological polar surface area (TPSA) is 38.9 Å². The number of thiazole rings is 1. The zero-order chi connectivity index (χ0) is 9.97. The number of aromatic nitrogens is 1. The molecule has 0 aliphatic heterocycles. The van der Waals surface area contributed by atoms with Gasteiger partial charge in [0.25, 0.3) is 0 Å². The quantitative estimate of drug-likeness (QED) is 0.832. The molecule has 2 N–H and O–H groups in total. The second-order valence-electron chi connectivity index (χ2n) is 3.95. The van der Waals surface area contributed by atoms with Gasteiger partial charge < -0.3 is 5.73 Å². The van der Waals surface area contributed by atoms with Crippen LogP contribution in [0.5, 0.6) is 0 Å². The van der Waals surface area contributed by atoms with Gasteiger partial charge in [-0.3, -0.25) is 0 Å². The van der Waals surface area contributed by atoms with E-state index < -0.39 is 0 Å². The largest absolute Gasteiger partial charge is 0.330 e. The third-order valence-corrected chi connectivity index (χ3v) is 4.16. The molecule has 14 heavy (non-hydrogen) atoms. The highest BCUT2D eigenvalue weighted by Gasteiger charge is 2.22. The summed E-state index contributed by atoms with van der Waals surface area (Å²) in [6.07, 6.45) is 6.10. The average Bonchev–Trinajstić information content (AvgIpc) is 2.60. The molecule has 1 aromatic rings. The van der Waals surface area contributed by atoms with Crippen LogP contribution in [0.4, 0.5) is 0 Å². The van der Waals surface area contributed by atoms with Gasteiger partial charge in [0.05, 0.1) is 10.7 Å². The van der Waals surface area contributed by atoms with E-state index in [1.54, 1.807) is 0 Å². The van der Waals surface area contributed by atoms with E-state index in [0.717, 1.165) is 18.9 Å². The van der Waals surface area contributed by atoms with Gasteiger partial charge in [0.1, 0.15) is 0 Å². The third-order valence-electron chi connectivity index (χ3n) is 2.97. The lowest BCUT2D eigenvalue weighted by Gasteiger charge is -2.18. The first-order valence-electron chi connectivity index (χ1n) is 5.53. The molecule has 0 amide bonds. The maximum absolute atomic E-state index is 5.55. The number of nitrogens with two attached hydrogens (primary N) is 1. The Morgan fingerprint density at radius 1 is 1.57 bits per heavy atom. The van der Waals surface area contributed by atoms with E-state index >= 15 is 0 Å². The first kappa shape index (κ1) is 10.1. The van der Waals surface area contributed by atoms with Crippen molar-refractivity contribution in [1.29, 1.82) is 0 Å². The lowest BCUT2D eigenvalue weighted by molar-refractivity contribution is 0.532. The molecule has 1 atom stereocenters. The molecule has 0 bridgehead atoms. The van der Waals surface area contributed by atoms with Crippen molar-refractivity contribution >= 4 is 11.3 Å². The summed E-state index contributed by atoms with van der Waals surface area (Å²) >= 11 is 1.89. The fraction of sp³-hybridized carbons (Fsp3) is 0.727. The average molecular weight is 210 g/mol. The van der Waals surface area contributed by atoms with Gasteiger partial charge in [-0.25, -0.2) is 4.98 Å². The fourth-order valence-electron chi connectivity index (χ4n) is 2.19. The van der Waals surface area contributed by atoms with Crippen LogP contribution in [-0.2, 0) is 12.8 Å². The molecular weight excluding hydrogens is 192 g/mol. The summed E-state index contributed by atoms with van der Waals surface area (Å²) in [6.45, 7) is 2.99. The molecule has 1 aliphatic rings. The second-order valence-corrected chi connectivity index (χ2v) is 5.12. The summed E-state index contributed by atoms with van der Waals surface area (Å²) in [6, 6.07) is 0. The predicted octanol–water partition coefficient (Wildman–Crippen LogP) is 2.47. The summed E-state index contributed by atoms with van der Waals surface area (Å²) in [4.78, 5) is 6.27. The van der Waals surface area contributed by atoms with Gasteiger partial charge in [0.2, 0.25) is 0 Å². The van der Waals surface area contributed by atoms with E-state index in [1.165, 1.54) is 41.3 Å². The van der Waals surface area contributed by atoms with Crippen LogP contribution in [0.15, 0.2) is 0 Å². The molecule has 78 valence electrons. The number of hydrogen-bond acceptors (Lipinski definition) is 3. The van der Waals surface area contributed by atoms with Gasteiger partial charge >= 0.3 is 0 Å². The number of rotatable bonds is 3. The molecule has 0 saturated heterocycles. The summed E-state index contributed by atoms with van der Waals surface area (Å²) in [5.74, 6) is 0.724. The Bertz CT molecular complexity index is 306. The van der Waals surface area contributed by atoms with Crippen molar-refractivity contribution in [1.82, 2.24) is 4.98 Å². The van der Waals surface area contributed by atoms with Crippen molar-refractivity contribution in [3.8, 4) is 0 Å². The Kier molecular flexibility index (Phi) is 3.19. The van der Waals surface area contributed by atoms with Gasteiger partial charge in [-0.05, 0) is 32.2 Å². The monoisotopic (exact) mass is 210 g/mol. The standard InChI is InChI=1S/C11H18N2S/c1-2-8-4-3-5-9-11(8)13-10(14-9)6-7-12/h8H,2-7,12H2,1H3. The first-order valence-corrected chi connectivity index (χ1v) is 6.35.